The summed E-state index contributed by atoms with van der Waals surface area (Å²) in [6, 6.07) is 22.9. The Hall–Kier alpha value is -3.26. The van der Waals surface area contributed by atoms with Crippen molar-refractivity contribution in [3.63, 3.8) is 0 Å². The Kier molecular flexibility index (Phi) is 5.73. The minimum absolute atomic E-state index is 0.310. The number of primary sulfonamides is 1. The molecule has 0 aliphatic heterocycles. The van der Waals surface area contributed by atoms with Crippen LogP contribution in [0.15, 0.2) is 78.9 Å². The van der Waals surface area contributed by atoms with Crippen LogP contribution in [0.4, 0.5) is 5.69 Å². The number of pyridine rings is 1. The number of hydrogen-bond acceptors (Lipinski definition) is 4. The maximum absolute atomic E-state index is 13.2. The maximum atomic E-state index is 13.2. The van der Waals surface area contributed by atoms with Crippen LogP contribution in [-0.2, 0) is 15.8 Å². The number of hydrogen-bond donors (Lipinski definition) is 2. The van der Waals surface area contributed by atoms with E-state index in [4.69, 9.17) is 16.7 Å². The molecule has 4 aromatic rings. The molecule has 0 unspecified atom stereocenters. The molecule has 0 fully saturated rings. The van der Waals surface area contributed by atoms with Gasteiger partial charge in [0.05, 0.1) is 22.5 Å². The van der Waals surface area contributed by atoms with Crippen LogP contribution >= 0.6 is 11.6 Å². The highest BCUT2D eigenvalue weighted by atomic mass is 35.5. The van der Waals surface area contributed by atoms with E-state index in [2.05, 4.69) is 10.3 Å². The lowest BCUT2D eigenvalue weighted by Gasteiger charge is -2.11. The lowest BCUT2D eigenvalue weighted by atomic mass is 10.0. The molecule has 0 aliphatic carbocycles. The Morgan fingerprint density at radius 3 is 2.45 bits per heavy atom. The van der Waals surface area contributed by atoms with Gasteiger partial charge in [-0.1, -0.05) is 54.1 Å². The maximum Gasteiger partial charge on any atom is 0.256 e. The van der Waals surface area contributed by atoms with Crippen LogP contribution in [-0.4, -0.2) is 19.3 Å². The van der Waals surface area contributed by atoms with E-state index in [9.17, 15) is 13.2 Å². The third kappa shape index (κ3) is 5.08. The lowest BCUT2D eigenvalue weighted by molar-refractivity contribution is 0.102. The van der Waals surface area contributed by atoms with Gasteiger partial charge in [0.25, 0.3) is 5.91 Å². The molecule has 0 saturated carbocycles. The molecule has 31 heavy (non-hydrogen) atoms. The highest BCUT2D eigenvalue weighted by Crippen LogP contribution is 2.26. The summed E-state index contributed by atoms with van der Waals surface area (Å²) >= 11 is 5.99. The van der Waals surface area contributed by atoms with Gasteiger partial charge in [0.1, 0.15) is 0 Å². The number of rotatable bonds is 5. The van der Waals surface area contributed by atoms with Crippen molar-refractivity contribution in [2.24, 2.45) is 5.14 Å². The van der Waals surface area contributed by atoms with E-state index in [0.29, 0.717) is 38.4 Å². The number of amides is 1. The van der Waals surface area contributed by atoms with Gasteiger partial charge in [0.2, 0.25) is 10.0 Å². The molecule has 156 valence electrons. The zero-order valence-corrected chi connectivity index (χ0v) is 17.8. The molecule has 3 N–H and O–H groups in total. The van der Waals surface area contributed by atoms with Crippen LogP contribution in [0.2, 0.25) is 5.02 Å². The van der Waals surface area contributed by atoms with Crippen LogP contribution in [0, 0.1) is 0 Å². The van der Waals surface area contributed by atoms with Crippen molar-refractivity contribution >= 4 is 44.1 Å². The van der Waals surface area contributed by atoms with E-state index in [1.54, 1.807) is 42.5 Å². The monoisotopic (exact) mass is 451 g/mol. The normalized spacial score (nSPS) is 11.4. The van der Waals surface area contributed by atoms with Crippen LogP contribution in [0.1, 0.15) is 15.9 Å². The first-order valence-corrected chi connectivity index (χ1v) is 11.4. The quantitative estimate of drug-likeness (QED) is 0.463. The molecule has 8 heteroatoms. The van der Waals surface area contributed by atoms with Crippen molar-refractivity contribution in [1.82, 2.24) is 4.98 Å². The smallest absolute Gasteiger partial charge is 0.256 e. The number of halogens is 1. The SMILES string of the molecule is NS(=O)(=O)Cc1cccc(NC(=O)c2cc(-c3ccc(Cl)cc3)nc3ccccc23)c1. The summed E-state index contributed by atoms with van der Waals surface area (Å²) in [5.74, 6) is -0.642. The first-order chi connectivity index (χ1) is 14.8. The van der Waals surface area contributed by atoms with Crippen LogP contribution in [0.25, 0.3) is 22.2 Å². The van der Waals surface area contributed by atoms with E-state index >= 15 is 0 Å². The molecule has 0 radical (unpaired) electrons. The fraction of sp³-hybridized carbons (Fsp3) is 0.0435. The number of nitrogens with zero attached hydrogens (tertiary/aromatic N) is 1. The molecule has 6 nitrogen and oxygen atoms in total. The number of aromatic nitrogens is 1. The number of sulfonamides is 1. The summed E-state index contributed by atoms with van der Waals surface area (Å²) in [4.78, 5) is 17.8. The second-order valence-corrected chi connectivity index (χ2v) is 9.09. The van der Waals surface area contributed by atoms with Crippen molar-refractivity contribution in [3.05, 3.63) is 95.0 Å². The summed E-state index contributed by atoms with van der Waals surface area (Å²) < 4.78 is 22.7. The second kappa shape index (κ2) is 8.47. The molecule has 3 aromatic carbocycles. The number of fused-ring (bicyclic) bond motifs is 1. The fourth-order valence-corrected chi connectivity index (χ4v) is 4.07. The summed E-state index contributed by atoms with van der Waals surface area (Å²) in [7, 11) is -3.67. The summed E-state index contributed by atoms with van der Waals surface area (Å²) in [6.07, 6.45) is 0. The summed E-state index contributed by atoms with van der Waals surface area (Å²) in [5.41, 5.74) is 3.57. The molecule has 0 spiro atoms. The number of carbonyl (C=O) groups excluding carboxylic acids is 1. The topological polar surface area (TPSA) is 102 Å². The molecular formula is C23H18ClN3O3S. The van der Waals surface area contributed by atoms with E-state index in [0.717, 1.165) is 5.56 Å². The van der Waals surface area contributed by atoms with Gasteiger partial charge in [0, 0.05) is 21.7 Å². The third-order valence-electron chi connectivity index (χ3n) is 4.65. The molecule has 4 rings (SSSR count). The summed E-state index contributed by atoms with van der Waals surface area (Å²) in [6.45, 7) is 0. The van der Waals surface area contributed by atoms with Crippen molar-refractivity contribution < 1.29 is 13.2 Å². The largest absolute Gasteiger partial charge is 0.322 e. The number of para-hydroxylation sites is 1. The van der Waals surface area contributed by atoms with Gasteiger partial charge in [-0.15, -0.1) is 0 Å². The molecule has 1 heterocycles. The first-order valence-electron chi connectivity index (χ1n) is 9.35. The second-order valence-electron chi connectivity index (χ2n) is 7.04. The Morgan fingerprint density at radius 2 is 1.71 bits per heavy atom. The average molecular weight is 452 g/mol. The van der Waals surface area contributed by atoms with Gasteiger partial charge in [-0.25, -0.2) is 18.5 Å². The van der Waals surface area contributed by atoms with Gasteiger partial charge < -0.3 is 5.32 Å². The van der Waals surface area contributed by atoms with Gasteiger partial charge in [0.15, 0.2) is 0 Å². The number of nitrogens with two attached hydrogens (primary N) is 1. The Morgan fingerprint density at radius 1 is 0.968 bits per heavy atom. The molecular weight excluding hydrogens is 434 g/mol. The van der Waals surface area contributed by atoms with E-state index < -0.39 is 10.0 Å². The lowest BCUT2D eigenvalue weighted by Crippen LogP contribution is -2.15. The van der Waals surface area contributed by atoms with Gasteiger partial charge in [-0.3, -0.25) is 4.79 Å². The minimum Gasteiger partial charge on any atom is -0.322 e. The summed E-state index contributed by atoms with van der Waals surface area (Å²) in [5, 5.41) is 9.28. The minimum atomic E-state index is -3.67. The number of anilines is 1. The molecule has 0 aliphatic rings. The Bertz CT molecular complexity index is 1390. The van der Waals surface area contributed by atoms with Crippen LogP contribution < -0.4 is 10.5 Å². The standard InChI is InChI=1S/C23H18ClN3O3S/c24-17-10-8-16(9-11-17)22-13-20(19-6-1-2-7-21(19)27-22)23(28)26-18-5-3-4-15(12-18)14-31(25,29)30/h1-13H,14H2,(H,26,28)(H2,25,29,30). The zero-order chi connectivity index (χ0) is 22.0. The van der Waals surface area contributed by atoms with Crippen LogP contribution in [0.3, 0.4) is 0 Å². The molecule has 0 atom stereocenters. The molecule has 1 aromatic heterocycles. The van der Waals surface area contributed by atoms with E-state index in [1.165, 1.54) is 0 Å². The highest BCUT2D eigenvalue weighted by Gasteiger charge is 2.15. The van der Waals surface area contributed by atoms with E-state index in [1.807, 2.05) is 36.4 Å². The predicted molar refractivity (Wildman–Crippen MR) is 123 cm³/mol. The van der Waals surface area contributed by atoms with Crippen LogP contribution in [0.5, 0.6) is 0 Å². The first kappa shape index (κ1) is 21.0. The molecule has 1 amide bonds. The molecule has 0 saturated heterocycles. The number of benzene rings is 3. The van der Waals surface area contributed by atoms with Gasteiger partial charge in [-0.2, -0.15) is 0 Å². The van der Waals surface area contributed by atoms with Gasteiger partial charge in [-0.05, 0) is 42.0 Å². The Balaban J connectivity index is 1.72. The van der Waals surface area contributed by atoms with Gasteiger partial charge >= 0.3 is 0 Å². The highest BCUT2D eigenvalue weighted by molar-refractivity contribution is 7.88. The zero-order valence-electron chi connectivity index (χ0n) is 16.2. The van der Waals surface area contributed by atoms with E-state index in [-0.39, 0.29) is 11.7 Å². The average Bonchev–Trinajstić information content (AvgIpc) is 2.72. The van der Waals surface area contributed by atoms with Crippen molar-refractivity contribution in [1.29, 1.82) is 0 Å². The fourth-order valence-electron chi connectivity index (χ4n) is 3.30. The van der Waals surface area contributed by atoms with Crippen molar-refractivity contribution in [2.45, 2.75) is 5.75 Å². The van der Waals surface area contributed by atoms with Crippen molar-refractivity contribution in [2.75, 3.05) is 5.32 Å². The number of carbonyl (C=O) groups is 1. The Labute approximate surface area is 184 Å². The van der Waals surface area contributed by atoms with Crippen molar-refractivity contribution in [3.8, 4) is 11.3 Å². The predicted octanol–water partition coefficient (Wildman–Crippen LogP) is 4.60. The molecule has 0 bridgehead atoms. The number of nitrogens with one attached hydrogen (secondary N) is 1. The third-order valence-corrected chi connectivity index (χ3v) is 5.64.